The molecule has 0 spiro atoms. The Morgan fingerprint density at radius 2 is 1.85 bits per heavy atom. The van der Waals surface area contributed by atoms with Gasteiger partial charge in [-0.1, -0.05) is 39.8 Å². The van der Waals surface area contributed by atoms with Crippen molar-refractivity contribution in [1.29, 1.82) is 0 Å². The number of aromatic hydroxyl groups is 1. The molecule has 2 aromatic carbocycles. The van der Waals surface area contributed by atoms with Crippen LogP contribution in [-0.4, -0.2) is 131 Å². The van der Waals surface area contributed by atoms with Crippen molar-refractivity contribution in [2.45, 2.75) is 104 Å². The Morgan fingerprint density at radius 1 is 1.07 bits per heavy atom. The van der Waals surface area contributed by atoms with Gasteiger partial charge in [0.1, 0.15) is 29.7 Å². The SMILES string of the molecule is CCn1c(-c2cccnc2[C@H](C)OC)c2c3cc(ccc31)-c1cc(O)cc(c1)C[C@H](NC(=O)[C@H](C(C)C)N(C)C(=O)[C@H]1CCN(C(=O)OC)C1)C(=O)N1CCCC(C=O)(COCC(C)(C)C2)N1. The number of phenolic OH excluding ortho intramolecular Hbond substituents is 1. The van der Waals surface area contributed by atoms with Gasteiger partial charge in [-0.3, -0.25) is 24.4 Å². The van der Waals surface area contributed by atoms with Crippen LogP contribution in [0.25, 0.3) is 33.3 Å². The van der Waals surface area contributed by atoms with Gasteiger partial charge in [-0.15, -0.1) is 0 Å². The van der Waals surface area contributed by atoms with Crippen LogP contribution < -0.4 is 10.7 Å². The van der Waals surface area contributed by atoms with Gasteiger partial charge in [-0.25, -0.2) is 10.2 Å². The van der Waals surface area contributed by atoms with Crippen molar-refractivity contribution in [2.24, 2.45) is 17.3 Å². The zero-order valence-electron chi connectivity index (χ0n) is 40.4. The zero-order chi connectivity index (χ0) is 48.4. The topological polar surface area (TPSA) is 185 Å². The highest BCUT2D eigenvalue weighted by Crippen LogP contribution is 2.42. The molecular weight excluding hydrogens is 855 g/mol. The second-order valence-electron chi connectivity index (χ2n) is 19.6. The van der Waals surface area contributed by atoms with Crippen molar-refractivity contribution in [3.8, 4) is 28.1 Å². The standard InChI is InChI=1S/C51H67N7O9/c1-10-57-42-15-14-34-25-39(42)40(45(57)38-13-11-18-52-43(38)32(4)65-8)26-50(5,6)29-67-30-51(28-59)17-12-19-58(54-51)48(63)41(23-33-21-36(34)24-37(60)22-33)53-46(61)44(31(2)3)55(7)47(62)35-16-20-56(27-35)49(64)66-9/h11,13-15,18,21-22,24-25,28,31-32,35,41,44,54,60H,10,12,16-17,19-20,23,26-27,29-30H2,1-9H3,(H,53,61)/t32-,35-,41-,44-,51?/m0/s1. The summed E-state index contributed by atoms with van der Waals surface area (Å²) in [6.45, 7) is 13.8. The van der Waals surface area contributed by atoms with E-state index in [1.54, 1.807) is 32.5 Å². The van der Waals surface area contributed by atoms with Crippen LogP contribution in [0.5, 0.6) is 5.75 Å². The Balaban J connectivity index is 1.32. The van der Waals surface area contributed by atoms with E-state index in [9.17, 15) is 29.1 Å². The van der Waals surface area contributed by atoms with E-state index in [1.165, 1.54) is 21.9 Å². The lowest BCUT2D eigenvalue weighted by Crippen LogP contribution is -2.66. The average Bonchev–Trinajstić information content (AvgIpc) is 3.92. The fraction of sp³-hybridized carbons (Fsp3) is 0.529. The van der Waals surface area contributed by atoms with Crippen molar-refractivity contribution >= 4 is 41.0 Å². The second-order valence-corrected chi connectivity index (χ2v) is 19.6. The van der Waals surface area contributed by atoms with Gasteiger partial charge in [0.15, 0.2) is 0 Å². The predicted octanol–water partition coefficient (Wildman–Crippen LogP) is 6.07. The van der Waals surface area contributed by atoms with Crippen molar-refractivity contribution in [3.63, 3.8) is 0 Å². The molecule has 0 radical (unpaired) electrons. The first-order chi connectivity index (χ1) is 31.9. The molecule has 0 aliphatic carbocycles. The molecular formula is C51H67N7O9. The van der Waals surface area contributed by atoms with Crippen LogP contribution in [0.2, 0.25) is 0 Å². The number of carbonyl (C=O) groups is 5. The minimum atomic E-state index is -1.23. The molecule has 16 nitrogen and oxygen atoms in total. The first-order valence-corrected chi connectivity index (χ1v) is 23.4. The van der Waals surface area contributed by atoms with Gasteiger partial charge in [0.25, 0.3) is 5.91 Å². The van der Waals surface area contributed by atoms with Crippen molar-refractivity contribution in [2.75, 3.05) is 54.1 Å². The Labute approximate surface area is 393 Å². The summed E-state index contributed by atoms with van der Waals surface area (Å²) in [6, 6.07) is 13.4. The third-order valence-electron chi connectivity index (χ3n) is 13.7. The Hall–Kier alpha value is -5.84. The van der Waals surface area contributed by atoms with E-state index >= 15 is 0 Å². The number of hydrogen-bond acceptors (Lipinski definition) is 11. The maximum Gasteiger partial charge on any atom is 0.409 e. The highest BCUT2D eigenvalue weighted by Gasteiger charge is 2.42. The number of phenols is 1. The Bertz CT molecular complexity index is 2500. The van der Waals surface area contributed by atoms with Gasteiger partial charge in [-0.05, 0) is 110 Å². The number of aromatic nitrogens is 2. The van der Waals surface area contributed by atoms with Crippen LogP contribution in [-0.2, 0) is 52.8 Å². The van der Waals surface area contributed by atoms with Gasteiger partial charge in [-0.2, -0.15) is 0 Å². The number of methoxy groups -OCH3 is 2. The number of hydrazine groups is 1. The van der Waals surface area contributed by atoms with Gasteiger partial charge in [0.05, 0.1) is 43.7 Å². The van der Waals surface area contributed by atoms with Crippen molar-refractivity contribution in [1.82, 2.24) is 35.1 Å². The number of likely N-dealkylation sites (tertiary alicyclic amines) is 1. The first kappa shape index (κ1) is 49.1. The van der Waals surface area contributed by atoms with Gasteiger partial charge in [0.2, 0.25) is 11.8 Å². The summed E-state index contributed by atoms with van der Waals surface area (Å²) in [4.78, 5) is 76.4. The molecule has 5 heterocycles. The maximum atomic E-state index is 14.9. The summed E-state index contributed by atoms with van der Waals surface area (Å²) in [6.07, 6.45) is 3.72. The lowest BCUT2D eigenvalue weighted by molar-refractivity contribution is -0.148. The molecule has 3 aliphatic rings. The number of nitrogens with zero attached hydrogens (tertiary/aromatic N) is 5. The summed E-state index contributed by atoms with van der Waals surface area (Å²) in [7, 11) is 4.54. The van der Waals surface area contributed by atoms with Crippen molar-refractivity contribution < 1.29 is 43.3 Å². The van der Waals surface area contributed by atoms with Crippen LogP contribution in [0.4, 0.5) is 4.79 Å². The highest BCUT2D eigenvalue weighted by atomic mass is 16.5. The molecule has 1 unspecified atom stereocenters. The number of ether oxygens (including phenoxy) is 3. The number of fused-ring (bicyclic) bond motifs is 6. The number of hydrogen-bond donors (Lipinski definition) is 3. The van der Waals surface area contributed by atoms with Gasteiger partial charge < -0.3 is 43.8 Å². The molecule has 4 amide bonds. The number of aldehydes is 1. The monoisotopic (exact) mass is 922 g/mol. The molecule has 16 heteroatoms. The van der Waals surface area contributed by atoms with E-state index in [1.807, 2.05) is 39.0 Å². The Kier molecular flexibility index (Phi) is 14.8. The summed E-state index contributed by atoms with van der Waals surface area (Å²) in [5.41, 5.74) is 8.62. The van der Waals surface area contributed by atoms with E-state index in [-0.39, 0.29) is 49.8 Å². The van der Waals surface area contributed by atoms with E-state index in [0.717, 1.165) is 45.3 Å². The largest absolute Gasteiger partial charge is 0.508 e. The molecule has 360 valence electrons. The molecule has 3 aliphatic heterocycles. The highest BCUT2D eigenvalue weighted by molar-refractivity contribution is 5.96. The third kappa shape index (κ3) is 10.2. The smallest absolute Gasteiger partial charge is 0.409 e. The summed E-state index contributed by atoms with van der Waals surface area (Å²) in [5, 5.41) is 16.8. The van der Waals surface area contributed by atoms with Crippen LogP contribution in [0, 0.1) is 17.3 Å². The number of nitrogens with one attached hydrogen (secondary N) is 2. The number of benzene rings is 2. The zero-order valence-corrected chi connectivity index (χ0v) is 40.4. The predicted molar refractivity (Wildman–Crippen MR) is 254 cm³/mol. The molecule has 67 heavy (non-hydrogen) atoms. The van der Waals surface area contributed by atoms with Gasteiger partial charge >= 0.3 is 6.09 Å². The molecule has 2 fully saturated rings. The molecule has 6 bridgehead atoms. The summed E-state index contributed by atoms with van der Waals surface area (Å²) < 4.78 is 19.5. The van der Waals surface area contributed by atoms with Crippen molar-refractivity contribution in [3.05, 3.63) is 71.5 Å². The normalized spacial score (nSPS) is 22.0. The van der Waals surface area contributed by atoms with E-state index in [2.05, 4.69) is 54.3 Å². The number of pyridine rings is 1. The van der Waals surface area contributed by atoms with Gasteiger partial charge in [0, 0.05) is 69.4 Å². The molecule has 2 aromatic heterocycles. The summed E-state index contributed by atoms with van der Waals surface area (Å²) in [5.74, 6) is -2.22. The third-order valence-corrected chi connectivity index (χ3v) is 13.7. The molecule has 2 saturated heterocycles. The van der Waals surface area contributed by atoms with E-state index in [0.29, 0.717) is 56.5 Å². The number of amides is 4. The second kappa shape index (κ2) is 20.2. The minimum Gasteiger partial charge on any atom is -0.508 e. The van der Waals surface area contributed by atoms with E-state index in [4.69, 9.17) is 19.2 Å². The summed E-state index contributed by atoms with van der Waals surface area (Å²) >= 11 is 0. The lowest BCUT2D eigenvalue weighted by Gasteiger charge is -2.42. The Morgan fingerprint density at radius 3 is 2.55 bits per heavy atom. The molecule has 5 atom stereocenters. The molecule has 4 aromatic rings. The fourth-order valence-electron chi connectivity index (χ4n) is 10.3. The number of likely N-dealkylation sites (N-methyl/N-ethyl adjacent to an activating group) is 1. The quantitative estimate of drug-likeness (QED) is 0.157. The van der Waals surface area contributed by atoms with Crippen LogP contribution in [0.1, 0.15) is 83.7 Å². The lowest BCUT2D eigenvalue weighted by atomic mass is 9.84. The first-order valence-electron chi connectivity index (χ1n) is 23.4. The minimum absolute atomic E-state index is 0.000607. The fourth-order valence-corrected chi connectivity index (χ4v) is 10.3. The van der Waals surface area contributed by atoms with Crippen LogP contribution in [0.3, 0.4) is 0 Å². The molecule has 0 saturated carbocycles. The number of aryl methyl sites for hydroxylation is 1. The number of rotatable bonds is 10. The number of carbonyl (C=O) groups excluding carboxylic acids is 5. The average molecular weight is 922 g/mol. The maximum absolute atomic E-state index is 14.9. The molecule has 3 N–H and O–H groups in total. The van der Waals surface area contributed by atoms with E-state index < -0.39 is 46.9 Å². The molecule has 7 rings (SSSR count). The van der Waals surface area contributed by atoms with Crippen LogP contribution in [0.15, 0.2) is 54.7 Å². The van der Waals surface area contributed by atoms with Crippen LogP contribution >= 0.6 is 0 Å².